The predicted octanol–water partition coefficient (Wildman–Crippen LogP) is 7.07. The van der Waals surface area contributed by atoms with E-state index in [1.807, 2.05) is 12.2 Å². The molecule has 0 aliphatic heterocycles. The zero-order valence-corrected chi connectivity index (χ0v) is 13.3. The van der Waals surface area contributed by atoms with Gasteiger partial charge in [0.15, 0.2) is 0 Å². The maximum atomic E-state index is 3.77. The quantitative estimate of drug-likeness (QED) is 0.219. The average Bonchev–Trinajstić information content (AvgIpc) is 2.41. The highest BCUT2D eigenvalue weighted by Gasteiger charge is 2.01. The summed E-state index contributed by atoms with van der Waals surface area (Å²) < 4.78 is 0. The molecule has 0 bridgehead atoms. The van der Waals surface area contributed by atoms with Crippen molar-refractivity contribution in [3.05, 3.63) is 25.3 Å². The summed E-state index contributed by atoms with van der Waals surface area (Å²) in [7, 11) is 0. The predicted molar refractivity (Wildman–Crippen MR) is 89.6 cm³/mol. The van der Waals surface area contributed by atoms with Gasteiger partial charge in [0.25, 0.3) is 0 Å². The number of unbranched alkanes of at least 4 members (excludes halogenated alkanes) is 9. The van der Waals surface area contributed by atoms with Gasteiger partial charge in [0.05, 0.1) is 0 Å². The van der Waals surface area contributed by atoms with Crippen LogP contribution in [0.15, 0.2) is 25.3 Å². The van der Waals surface area contributed by atoms with E-state index in [1.54, 1.807) is 0 Å². The molecule has 0 fully saturated rings. The molecular weight excluding hydrogens is 228 g/mol. The minimum absolute atomic E-state index is 0.938. The second-order valence-corrected chi connectivity index (χ2v) is 6.02. The van der Waals surface area contributed by atoms with Crippen LogP contribution in [0.4, 0.5) is 0 Å². The fourth-order valence-electron chi connectivity index (χ4n) is 2.59. The fraction of sp³-hybridized carbons (Fsp3) is 0.789. The van der Waals surface area contributed by atoms with Gasteiger partial charge >= 0.3 is 0 Å². The summed E-state index contributed by atoms with van der Waals surface area (Å²) in [4.78, 5) is 0. The molecule has 0 spiro atoms. The van der Waals surface area contributed by atoms with Gasteiger partial charge in [0, 0.05) is 0 Å². The molecule has 19 heavy (non-hydrogen) atoms. The largest absolute Gasteiger partial charge is 0.103 e. The van der Waals surface area contributed by atoms with Crippen LogP contribution in [0.3, 0.4) is 0 Å². The lowest BCUT2D eigenvalue weighted by atomic mass is 9.96. The Morgan fingerprint density at radius 1 is 0.632 bits per heavy atom. The van der Waals surface area contributed by atoms with Gasteiger partial charge in [0.2, 0.25) is 0 Å². The van der Waals surface area contributed by atoms with Crippen molar-refractivity contribution >= 4 is 0 Å². The number of allylic oxidation sites excluding steroid dienone is 2. The van der Waals surface area contributed by atoms with Crippen molar-refractivity contribution in [1.82, 2.24) is 0 Å². The summed E-state index contributed by atoms with van der Waals surface area (Å²) >= 11 is 0. The lowest BCUT2D eigenvalue weighted by Gasteiger charge is -2.10. The SMILES string of the molecule is C=CCCCCCCCC(C)CCCCCCC=C. The summed E-state index contributed by atoms with van der Waals surface area (Å²) in [5, 5.41) is 0. The van der Waals surface area contributed by atoms with Crippen molar-refractivity contribution in [2.75, 3.05) is 0 Å². The normalized spacial score (nSPS) is 12.3. The summed E-state index contributed by atoms with van der Waals surface area (Å²) in [5.41, 5.74) is 0. The number of hydrogen-bond donors (Lipinski definition) is 0. The Bertz CT molecular complexity index is 192. The highest BCUT2D eigenvalue weighted by Crippen LogP contribution is 2.18. The van der Waals surface area contributed by atoms with Crippen LogP contribution in [0.2, 0.25) is 0 Å². The maximum absolute atomic E-state index is 3.77. The molecule has 1 atom stereocenters. The number of rotatable bonds is 15. The Balaban J connectivity index is 3.14. The lowest BCUT2D eigenvalue weighted by molar-refractivity contribution is 0.433. The van der Waals surface area contributed by atoms with Gasteiger partial charge < -0.3 is 0 Å². The van der Waals surface area contributed by atoms with E-state index < -0.39 is 0 Å². The van der Waals surface area contributed by atoms with Crippen LogP contribution in [-0.2, 0) is 0 Å². The van der Waals surface area contributed by atoms with Gasteiger partial charge in [-0.3, -0.25) is 0 Å². The van der Waals surface area contributed by atoms with Crippen molar-refractivity contribution in [3.63, 3.8) is 0 Å². The van der Waals surface area contributed by atoms with E-state index in [-0.39, 0.29) is 0 Å². The second-order valence-electron chi connectivity index (χ2n) is 6.02. The monoisotopic (exact) mass is 264 g/mol. The highest BCUT2D eigenvalue weighted by atomic mass is 14.1. The first-order valence-corrected chi connectivity index (χ1v) is 8.53. The first kappa shape index (κ1) is 18.5. The molecule has 0 saturated carbocycles. The van der Waals surface area contributed by atoms with E-state index in [0.29, 0.717) is 0 Å². The molecule has 0 heteroatoms. The Morgan fingerprint density at radius 2 is 1.00 bits per heavy atom. The molecule has 0 amide bonds. The van der Waals surface area contributed by atoms with Gasteiger partial charge in [-0.25, -0.2) is 0 Å². The lowest BCUT2D eigenvalue weighted by Crippen LogP contribution is -1.95. The Kier molecular flexibility index (Phi) is 15.1. The summed E-state index contributed by atoms with van der Waals surface area (Å²) in [6.07, 6.45) is 21.9. The molecule has 0 aromatic rings. The molecule has 0 aromatic heterocycles. The highest BCUT2D eigenvalue weighted by molar-refractivity contribution is 4.66. The van der Waals surface area contributed by atoms with E-state index in [2.05, 4.69) is 20.1 Å². The van der Waals surface area contributed by atoms with Crippen molar-refractivity contribution in [1.29, 1.82) is 0 Å². The minimum Gasteiger partial charge on any atom is -0.103 e. The van der Waals surface area contributed by atoms with Gasteiger partial charge in [-0.05, 0) is 31.6 Å². The maximum Gasteiger partial charge on any atom is -0.0353 e. The third-order valence-corrected chi connectivity index (χ3v) is 3.96. The molecular formula is C19H36. The molecule has 0 aliphatic rings. The zero-order valence-electron chi connectivity index (χ0n) is 13.3. The van der Waals surface area contributed by atoms with Crippen LogP contribution in [0.1, 0.15) is 90.4 Å². The standard InChI is InChI=1S/C19H36/c1-4-6-8-10-12-14-16-18-19(3)17-15-13-11-9-7-5-2/h4-5,19H,1-2,6-18H2,3H3. The van der Waals surface area contributed by atoms with Crippen molar-refractivity contribution < 1.29 is 0 Å². The van der Waals surface area contributed by atoms with Crippen molar-refractivity contribution in [2.24, 2.45) is 5.92 Å². The van der Waals surface area contributed by atoms with Crippen LogP contribution < -0.4 is 0 Å². The molecule has 0 aromatic carbocycles. The third kappa shape index (κ3) is 15.4. The second kappa shape index (κ2) is 15.5. The van der Waals surface area contributed by atoms with Gasteiger partial charge in [0.1, 0.15) is 0 Å². The summed E-state index contributed by atoms with van der Waals surface area (Å²) in [5.74, 6) is 0.938. The Morgan fingerprint density at radius 3 is 1.42 bits per heavy atom. The van der Waals surface area contributed by atoms with E-state index in [1.165, 1.54) is 83.5 Å². The van der Waals surface area contributed by atoms with Crippen molar-refractivity contribution in [2.45, 2.75) is 90.4 Å². The topological polar surface area (TPSA) is 0 Å². The smallest absolute Gasteiger partial charge is 0.0353 e. The first-order valence-electron chi connectivity index (χ1n) is 8.53. The van der Waals surface area contributed by atoms with Crippen LogP contribution in [0, 0.1) is 5.92 Å². The fourth-order valence-corrected chi connectivity index (χ4v) is 2.59. The zero-order chi connectivity index (χ0) is 14.2. The molecule has 0 rings (SSSR count). The first-order chi connectivity index (χ1) is 9.31. The van der Waals surface area contributed by atoms with E-state index in [4.69, 9.17) is 0 Å². The van der Waals surface area contributed by atoms with E-state index in [9.17, 15) is 0 Å². The summed E-state index contributed by atoms with van der Waals surface area (Å²) in [6.45, 7) is 9.96. The molecule has 0 nitrogen and oxygen atoms in total. The van der Waals surface area contributed by atoms with Gasteiger partial charge in [-0.1, -0.05) is 76.9 Å². The van der Waals surface area contributed by atoms with Crippen molar-refractivity contribution in [3.8, 4) is 0 Å². The molecule has 0 saturated heterocycles. The molecule has 0 radical (unpaired) electrons. The number of hydrogen-bond acceptors (Lipinski definition) is 0. The van der Waals surface area contributed by atoms with Crippen LogP contribution >= 0.6 is 0 Å². The molecule has 0 heterocycles. The Labute approximate surface area is 122 Å². The third-order valence-electron chi connectivity index (χ3n) is 3.96. The van der Waals surface area contributed by atoms with Gasteiger partial charge in [-0.2, -0.15) is 0 Å². The minimum atomic E-state index is 0.938. The average molecular weight is 264 g/mol. The molecule has 0 aliphatic carbocycles. The van der Waals surface area contributed by atoms with Crippen LogP contribution in [-0.4, -0.2) is 0 Å². The van der Waals surface area contributed by atoms with Crippen LogP contribution in [0.25, 0.3) is 0 Å². The molecule has 0 N–H and O–H groups in total. The van der Waals surface area contributed by atoms with E-state index in [0.717, 1.165) is 5.92 Å². The molecule has 1 unspecified atom stereocenters. The summed E-state index contributed by atoms with van der Waals surface area (Å²) in [6, 6.07) is 0. The van der Waals surface area contributed by atoms with Crippen LogP contribution in [0.5, 0.6) is 0 Å². The molecule has 112 valence electrons. The van der Waals surface area contributed by atoms with E-state index >= 15 is 0 Å². The van der Waals surface area contributed by atoms with Gasteiger partial charge in [-0.15, -0.1) is 13.2 Å². The Hall–Kier alpha value is -0.520.